The number of hydrogen-bond donors (Lipinski definition) is 2. The normalized spacial score (nSPS) is 20.6. The molecule has 0 saturated carbocycles. The maximum atomic E-state index is 10.1. The van der Waals surface area contributed by atoms with Gasteiger partial charge in [0.25, 0.3) is 0 Å². The molecule has 0 bridgehead atoms. The summed E-state index contributed by atoms with van der Waals surface area (Å²) in [5.41, 5.74) is 1.06. The molecule has 2 nitrogen and oxygen atoms in total. The molecule has 2 heteroatoms. The van der Waals surface area contributed by atoms with Gasteiger partial charge in [-0.3, -0.25) is 0 Å². The van der Waals surface area contributed by atoms with E-state index in [1.54, 1.807) is 0 Å². The Hall–Kier alpha value is -0.860. The second-order valence-corrected chi connectivity index (χ2v) is 3.94. The third-order valence-electron chi connectivity index (χ3n) is 2.97. The van der Waals surface area contributed by atoms with Crippen LogP contribution in [0, 0.1) is 5.92 Å². The Kier molecular flexibility index (Phi) is 3.17. The molecular formula is C12H17NO. The zero-order valence-electron chi connectivity index (χ0n) is 8.32. The van der Waals surface area contributed by atoms with E-state index in [0.717, 1.165) is 31.5 Å². The summed E-state index contributed by atoms with van der Waals surface area (Å²) in [6.45, 7) is 2.07. The van der Waals surface area contributed by atoms with Crippen LogP contribution in [-0.4, -0.2) is 18.2 Å². The predicted molar refractivity (Wildman–Crippen MR) is 57.0 cm³/mol. The zero-order valence-corrected chi connectivity index (χ0v) is 8.32. The van der Waals surface area contributed by atoms with Crippen molar-refractivity contribution < 1.29 is 5.11 Å². The quantitative estimate of drug-likeness (QED) is 0.746. The zero-order chi connectivity index (χ0) is 9.80. The summed E-state index contributed by atoms with van der Waals surface area (Å²) in [6.07, 6.45) is 1.88. The van der Waals surface area contributed by atoms with Crippen molar-refractivity contribution in [1.29, 1.82) is 0 Å². The molecule has 2 rings (SSSR count). The van der Waals surface area contributed by atoms with Crippen molar-refractivity contribution in [3.05, 3.63) is 35.9 Å². The van der Waals surface area contributed by atoms with Crippen LogP contribution in [0.3, 0.4) is 0 Å². The molecule has 14 heavy (non-hydrogen) atoms. The van der Waals surface area contributed by atoms with E-state index in [2.05, 4.69) is 5.32 Å². The molecule has 1 heterocycles. The number of nitrogens with one attached hydrogen (secondary N) is 1. The van der Waals surface area contributed by atoms with Crippen molar-refractivity contribution in [1.82, 2.24) is 5.32 Å². The Morgan fingerprint density at radius 1 is 1.14 bits per heavy atom. The highest BCUT2D eigenvalue weighted by molar-refractivity contribution is 5.18. The van der Waals surface area contributed by atoms with Gasteiger partial charge in [-0.1, -0.05) is 30.3 Å². The van der Waals surface area contributed by atoms with Crippen molar-refractivity contribution in [3.63, 3.8) is 0 Å². The van der Waals surface area contributed by atoms with Gasteiger partial charge >= 0.3 is 0 Å². The Morgan fingerprint density at radius 2 is 1.79 bits per heavy atom. The van der Waals surface area contributed by atoms with Crippen LogP contribution < -0.4 is 5.32 Å². The molecule has 2 N–H and O–H groups in total. The third kappa shape index (κ3) is 2.14. The van der Waals surface area contributed by atoms with Crippen LogP contribution in [0.5, 0.6) is 0 Å². The summed E-state index contributed by atoms with van der Waals surface area (Å²) in [7, 11) is 0. The second kappa shape index (κ2) is 4.58. The van der Waals surface area contributed by atoms with Crippen LogP contribution in [0.15, 0.2) is 30.3 Å². The lowest BCUT2D eigenvalue weighted by Gasteiger charge is -2.27. The first-order chi connectivity index (χ1) is 6.88. The maximum absolute atomic E-state index is 10.1. The molecule has 0 unspecified atom stereocenters. The SMILES string of the molecule is O[C@H](c1ccccc1)C1CCNCC1. The highest BCUT2D eigenvalue weighted by Gasteiger charge is 2.22. The van der Waals surface area contributed by atoms with Gasteiger partial charge in [-0.15, -0.1) is 0 Å². The largest absolute Gasteiger partial charge is 0.388 e. The average molecular weight is 191 g/mol. The van der Waals surface area contributed by atoms with Gasteiger partial charge < -0.3 is 10.4 Å². The van der Waals surface area contributed by atoms with Crippen LogP contribution in [0.2, 0.25) is 0 Å². The van der Waals surface area contributed by atoms with E-state index in [0.29, 0.717) is 5.92 Å². The van der Waals surface area contributed by atoms with Gasteiger partial charge in [-0.05, 0) is 37.4 Å². The lowest BCUT2D eigenvalue weighted by atomic mass is 9.88. The fourth-order valence-electron chi connectivity index (χ4n) is 2.08. The first-order valence-corrected chi connectivity index (χ1v) is 5.31. The van der Waals surface area contributed by atoms with Crippen molar-refractivity contribution in [2.45, 2.75) is 18.9 Å². The van der Waals surface area contributed by atoms with Gasteiger partial charge in [0.05, 0.1) is 6.10 Å². The molecular weight excluding hydrogens is 174 g/mol. The summed E-state index contributed by atoms with van der Waals surface area (Å²) < 4.78 is 0. The predicted octanol–water partition coefficient (Wildman–Crippen LogP) is 1.72. The minimum Gasteiger partial charge on any atom is -0.388 e. The molecule has 76 valence electrons. The summed E-state index contributed by atoms with van der Waals surface area (Å²) >= 11 is 0. The van der Waals surface area contributed by atoms with Gasteiger partial charge in [-0.25, -0.2) is 0 Å². The first kappa shape index (κ1) is 9.69. The molecule has 1 fully saturated rings. The van der Waals surface area contributed by atoms with Crippen molar-refractivity contribution in [2.75, 3.05) is 13.1 Å². The number of benzene rings is 1. The average Bonchev–Trinajstić information content (AvgIpc) is 2.30. The molecule has 0 aromatic heterocycles. The van der Waals surface area contributed by atoms with E-state index in [1.807, 2.05) is 30.3 Å². The number of aliphatic hydroxyl groups excluding tert-OH is 1. The van der Waals surface area contributed by atoms with Gasteiger partial charge in [0.2, 0.25) is 0 Å². The smallest absolute Gasteiger partial charge is 0.0819 e. The van der Waals surface area contributed by atoms with E-state index < -0.39 is 0 Å². The van der Waals surface area contributed by atoms with Crippen molar-refractivity contribution in [3.8, 4) is 0 Å². The van der Waals surface area contributed by atoms with Crippen LogP contribution in [0.4, 0.5) is 0 Å². The number of piperidine rings is 1. The molecule has 1 saturated heterocycles. The van der Waals surface area contributed by atoms with Crippen LogP contribution in [0.25, 0.3) is 0 Å². The number of rotatable bonds is 2. The Morgan fingerprint density at radius 3 is 2.43 bits per heavy atom. The minimum atomic E-state index is -0.279. The Balaban J connectivity index is 2.03. The van der Waals surface area contributed by atoms with E-state index in [1.165, 1.54) is 0 Å². The summed E-state index contributed by atoms with van der Waals surface area (Å²) in [6, 6.07) is 9.97. The topological polar surface area (TPSA) is 32.3 Å². The molecule has 0 amide bonds. The molecule has 1 atom stereocenters. The standard InChI is InChI=1S/C12H17NO/c14-12(10-4-2-1-3-5-10)11-6-8-13-9-7-11/h1-5,11-14H,6-9H2/t12-/m1/s1. The minimum absolute atomic E-state index is 0.279. The van der Waals surface area contributed by atoms with Gasteiger partial charge in [0, 0.05) is 0 Å². The van der Waals surface area contributed by atoms with E-state index >= 15 is 0 Å². The third-order valence-corrected chi connectivity index (χ3v) is 2.97. The van der Waals surface area contributed by atoms with Crippen molar-refractivity contribution >= 4 is 0 Å². The van der Waals surface area contributed by atoms with E-state index in [4.69, 9.17) is 0 Å². The molecule has 1 aliphatic rings. The summed E-state index contributed by atoms with van der Waals surface area (Å²) in [5.74, 6) is 0.429. The van der Waals surface area contributed by atoms with Crippen LogP contribution in [-0.2, 0) is 0 Å². The molecule has 1 aliphatic heterocycles. The lowest BCUT2D eigenvalue weighted by molar-refractivity contribution is 0.0889. The first-order valence-electron chi connectivity index (χ1n) is 5.31. The van der Waals surface area contributed by atoms with E-state index in [-0.39, 0.29) is 6.10 Å². The highest BCUT2D eigenvalue weighted by atomic mass is 16.3. The Labute approximate surface area is 85.0 Å². The van der Waals surface area contributed by atoms with Crippen molar-refractivity contribution in [2.24, 2.45) is 5.92 Å². The maximum Gasteiger partial charge on any atom is 0.0819 e. The summed E-state index contributed by atoms with van der Waals surface area (Å²) in [5, 5.41) is 13.4. The Bertz CT molecular complexity index is 267. The van der Waals surface area contributed by atoms with Crippen LogP contribution in [0.1, 0.15) is 24.5 Å². The van der Waals surface area contributed by atoms with Gasteiger partial charge in [0.1, 0.15) is 0 Å². The number of aliphatic hydroxyl groups is 1. The number of hydrogen-bond acceptors (Lipinski definition) is 2. The fraction of sp³-hybridized carbons (Fsp3) is 0.500. The lowest BCUT2D eigenvalue weighted by Crippen LogP contribution is -2.30. The van der Waals surface area contributed by atoms with E-state index in [9.17, 15) is 5.11 Å². The summed E-state index contributed by atoms with van der Waals surface area (Å²) in [4.78, 5) is 0. The van der Waals surface area contributed by atoms with Crippen LogP contribution >= 0.6 is 0 Å². The molecule has 1 aromatic carbocycles. The molecule has 0 aliphatic carbocycles. The van der Waals surface area contributed by atoms with Gasteiger partial charge in [-0.2, -0.15) is 0 Å². The highest BCUT2D eigenvalue weighted by Crippen LogP contribution is 2.28. The van der Waals surface area contributed by atoms with Gasteiger partial charge in [0.15, 0.2) is 0 Å². The molecule has 1 aromatic rings. The second-order valence-electron chi connectivity index (χ2n) is 3.94. The molecule has 0 spiro atoms. The fourth-order valence-corrected chi connectivity index (χ4v) is 2.08. The molecule has 0 radical (unpaired) electrons. The monoisotopic (exact) mass is 191 g/mol.